The normalized spacial score (nSPS) is 18.5. The van der Waals surface area contributed by atoms with Gasteiger partial charge < -0.3 is 15.4 Å². The molecule has 1 aromatic heterocycles. The van der Waals surface area contributed by atoms with Crippen LogP contribution in [0.5, 0.6) is 0 Å². The summed E-state index contributed by atoms with van der Waals surface area (Å²) < 4.78 is 2.14. The highest BCUT2D eigenvalue weighted by Crippen LogP contribution is 2.23. The van der Waals surface area contributed by atoms with Crippen LogP contribution in [0.3, 0.4) is 0 Å². The second kappa shape index (κ2) is 4.49. The van der Waals surface area contributed by atoms with Crippen molar-refractivity contribution >= 4 is 5.97 Å². The first-order chi connectivity index (χ1) is 8.05. The zero-order valence-corrected chi connectivity index (χ0v) is 10.1. The minimum Gasteiger partial charge on any atom is -0.481 e. The monoisotopic (exact) mass is 237 g/mol. The minimum absolute atomic E-state index is 0.129. The van der Waals surface area contributed by atoms with Gasteiger partial charge in [-0.25, -0.2) is 4.98 Å². The molecule has 0 saturated heterocycles. The quantitative estimate of drug-likeness (QED) is 0.812. The summed E-state index contributed by atoms with van der Waals surface area (Å²) in [6, 6.07) is 0. The number of hydrogen-bond donors (Lipinski definition) is 2. The van der Waals surface area contributed by atoms with Crippen LogP contribution < -0.4 is 5.73 Å². The number of aliphatic carboxylic acids is 1. The highest BCUT2D eigenvalue weighted by atomic mass is 16.4. The second-order valence-electron chi connectivity index (χ2n) is 5.05. The van der Waals surface area contributed by atoms with Gasteiger partial charge in [0.05, 0.1) is 11.1 Å². The number of imidazole rings is 1. The third-order valence-electron chi connectivity index (χ3n) is 3.50. The molecule has 1 atom stereocenters. The molecule has 2 heterocycles. The van der Waals surface area contributed by atoms with Crippen LogP contribution in [0.25, 0.3) is 0 Å². The fourth-order valence-electron chi connectivity index (χ4n) is 2.19. The van der Waals surface area contributed by atoms with Crippen molar-refractivity contribution in [3.63, 3.8) is 0 Å². The number of carboxylic acid groups (broad SMARTS) is 1. The van der Waals surface area contributed by atoms with Gasteiger partial charge in [-0.2, -0.15) is 0 Å². The molecule has 0 amide bonds. The molecule has 2 rings (SSSR count). The SMILES string of the molecule is CC(CN)(Cc1cn2c(n1)CCCC2)C(=O)O. The van der Waals surface area contributed by atoms with Gasteiger partial charge in [-0.3, -0.25) is 4.79 Å². The minimum atomic E-state index is -0.912. The van der Waals surface area contributed by atoms with Crippen molar-refractivity contribution in [3.05, 3.63) is 17.7 Å². The van der Waals surface area contributed by atoms with E-state index in [-0.39, 0.29) is 6.54 Å². The molecule has 0 aliphatic carbocycles. The zero-order chi connectivity index (χ0) is 12.5. The van der Waals surface area contributed by atoms with E-state index in [9.17, 15) is 9.90 Å². The highest BCUT2D eigenvalue weighted by molar-refractivity contribution is 5.74. The topological polar surface area (TPSA) is 81.1 Å². The summed E-state index contributed by atoms with van der Waals surface area (Å²) in [6.07, 6.45) is 5.72. The molecule has 94 valence electrons. The van der Waals surface area contributed by atoms with E-state index in [1.54, 1.807) is 6.92 Å². The number of nitrogens with two attached hydrogens (primary N) is 1. The maximum Gasteiger partial charge on any atom is 0.311 e. The van der Waals surface area contributed by atoms with Gasteiger partial charge in [0, 0.05) is 32.1 Å². The Balaban J connectivity index is 2.18. The van der Waals surface area contributed by atoms with Crippen molar-refractivity contribution in [2.24, 2.45) is 11.1 Å². The van der Waals surface area contributed by atoms with Gasteiger partial charge in [0.25, 0.3) is 0 Å². The van der Waals surface area contributed by atoms with E-state index in [2.05, 4.69) is 9.55 Å². The molecule has 0 radical (unpaired) electrons. The van der Waals surface area contributed by atoms with E-state index >= 15 is 0 Å². The number of carbonyl (C=O) groups is 1. The summed E-state index contributed by atoms with van der Waals surface area (Å²) in [5.74, 6) is 0.224. The zero-order valence-electron chi connectivity index (χ0n) is 10.1. The van der Waals surface area contributed by atoms with Crippen LogP contribution in [0, 0.1) is 5.41 Å². The van der Waals surface area contributed by atoms with Crippen LogP contribution in [0.2, 0.25) is 0 Å². The van der Waals surface area contributed by atoms with Crippen LogP contribution in [0.15, 0.2) is 6.20 Å². The molecule has 1 aliphatic rings. The van der Waals surface area contributed by atoms with Gasteiger partial charge in [-0.05, 0) is 19.8 Å². The Morgan fingerprint density at radius 2 is 2.41 bits per heavy atom. The molecule has 0 spiro atoms. The first kappa shape index (κ1) is 12.1. The molecule has 17 heavy (non-hydrogen) atoms. The number of aromatic nitrogens is 2. The average Bonchev–Trinajstić information content (AvgIpc) is 2.70. The van der Waals surface area contributed by atoms with Gasteiger partial charge in [-0.15, -0.1) is 0 Å². The molecule has 0 fully saturated rings. The van der Waals surface area contributed by atoms with E-state index in [4.69, 9.17) is 5.73 Å². The van der Waals surface area contributed by atoms with Crippen LogP contribution >= 0.6 is 0 Å². The van der Waals surface area contributed by atoms with Crippen molar-refractivity contribution < 1.29 is 9.90 Å². The van der Waals surface area contributed by atoms with Gasteiger partial charge in [0.1, 0.15) is 5.82 Å². The average molecular weight is 237 g/mol. The molecule has 5 heteroatoms. The maximum absolute atomic E-state index is 11.2. The van der Waals surface area contributed by atoms with Crippen molar-refractivity contribution in [1.82, 2.24) is 9.55 Å². The summed E-state index contributed by atoms with van der Waals surface area (Å²) in [5, 5.41) is 9.18. The number of carboxylic acids is 1. The number of aryl methyl sites for hydroxylation is 2. The Kier molecular flexibility index (Phi) is 3.19. The lowest BCUT2D eigenvalue weighted by atomic mass is 9.86. The van der Waals surface area contributed by atoms with E-state index in [1.165, 1.54) is 12.8 Å². The lowest BCUT2D eigenvalue weighted by Gasteiger charge is -2.21. The van der Waals surface area contributed by atoms with Gasteiger partial charge in [0.15, 0.2) is 0 Å². The molecule has 0 bridgehead atoms. The molecule has 1 aliphatic heterocycles. The fraction of sp³-hybridized carbons (Fsp3) is 0.667. The highest BCUT2D eigenvalue weighted by Gasteiger charge is 2.33. The van der Waals surface area contributed by atoms with Gasteiger partial charge in [0.2, 0.25) is 0 Å². The molecule has 1 unspecified atom stereocenters. The summed E-state index contributed by atoms with van der Waals surface area (Å²) in [7, 11) is 0. The molecular formula is C12H19N3O2. The molecule has 0 saturated carbocycles. The number of nitrogens with zero attached hydrogens (tertiary/aromatic N) is 2. The predicted molar refractivity (Wildman–Crippen MR) is 63.7 cm³/mol. The lowest BCUT2D eigenvalue weighted by Crippen LogP contribution is -2.37. The molecule has 0 aromatic carbocycles. The first-order valence-electron chi connectivity index (χ1n) is 6.03. The number of hydrogen-bond acceptors (Lipinski definition) is 3. The summed E-state index contributed by atoms with van der Waals surface area (Å²) in [6.45, 7) is 2.80. The fourth-order valence-corrected chi connectivity index (χ4v) is 2.19. The van der Waals surface area contributed by atoms with E-state index in [1.807, 2.05) is 6.20 Å². The Labute approximate surface area is 101 Å². The molecular weight excluding hydrogens is 218 g/mol. The molecule has 1 aromatic rings. The van der Waals surface area contributed by atoms with Gasteiger partial charge >= 0.3 is 5.97 Å². The van der Waals surface area contributed by atoms with E-state index in [0.717, 1.165) is 24.5 Å². The van der Waals surface area contributed by atoms with Gasteiger partial charge in [-0.1, -0.05) is 0 Å². The van der Waals surface area contributed by atoms with Crippen molar-refractivity contribution in [1.29, 1.82) is 0 Å². The smallest absolute Gasteiger partial charge is 0.311 e. The Hall–Kier alpha value is -1.36. The third-order valence-corrected chi connectivity index (χ3v) is 3.50. The number of fused-ring (bicyclic) bond motifs is 1. The summed E-state index contributed by atoms with van der Waals surface area (Å²) in [5.41, 5.74) is 5.50. The van der Waals surface area contributed by atoms with Crippen LogP contribution in [0.4, 0.5) is 0 Å². The molecule has 3 N–H and O–H groups in total. The lowest BCUT2D eigenvalue weighted by molar-refractivity contribution is -0.147. The van der Waals surface area contributed by atoms with E-state index < -0.39 is 11.4 Å². The molecule has 5 nitrogen and oxygen atoms in total. The Morgan fingerprint density at radius 3 is 3.00 bits per heavy atom. The third kappa shape index (κ3) is 2.34. The van der Waals surface area contributed by atoms with Crippen LogP contribution in [0.1, 0.15) is 31.3 Å². The Bertz CT molecular complexity index is 404. The van der Waals surface area contributed by atoms with E-state index in [0.29, 0.717) is 6.42 Å². The van der Waals surface area contributed by atoms with Crippen LogP contribution in [-0.4, -0.2) is 27.2 Å². The largest absolute Gasteiger partial charge is 0.481 e. The Morgan fingerprint density at radius 1 is 1.65 bits per heavy atom. The summed E-state index contributed by atoms with van der Waals surface area (Å²) in [4.78, 5) is 15.7. The number of rotatable bonds is 4. The van der Waals surface area contributed by atoms with Crippen molar-refractivity contribution in [2.75, 3.05) is 6.54 Å². The first-order valence-corrected chi connectivity index (χ1v) is 6.03. The maximum atomic E-state index is 11.2. The van der Waals surface area contributed by atoms with Crippen molar-refractivity contribution in [2.45, 2.75) is 39.2 Å². The van der Waals surface area contributed by atoms with Crippen molar-refractivity contribution in [3.8, 4) is 0 Å². The second-order valence-corrected chi connectivity index (χ2v) is 5.05. The summed E-state index contributed by atoms with van der Waals surface area (Å²) >= 11 is 0. The standard InChI is InChI=1S/C12H19N3O2/c1-12(8-13,11(16)17)6-9-7-15-5-3-2-4-10(15)14-9/h7H,2-6,8,13H2,1H3,(H,16,17). The van der Waals surface area contributed by atoms with Crippen LogP contribution in [-0.2, 0) is 24.2 Å². The predicted octanol–water partition coefficient (Wildman–Crippen LogP) is 0.811.